The molecule has 1 aromatic carbocycles. The van der Waals surface area contributed by atoms with E-state index in [2.05, 4.69) is 25.2 Å². The van der Waals surface area contributed by atoms with Gasteiger partial charge in [0.15, 0.2) is 0 Å². The number of rotatable bonds is 5. The third-order valence-corrected chi connectivity index (χ3v) is 6.06. The summed E-state index contributed by atoms with van der Waals surface area (Å²) >= 11 is 0. The number of nitrogens with zero attached hydrogens (tertiary/aromatic N) is 1. The second kappa shape index (κ2) is 8.39. The maximum atomic E-state index is 12.9. The van der Waals surface area contributed by atoms with E-state index in [1.165, 1.54) is 11.9 Å². The third kappa shape index (κ3) is 4.07. The molecule has 6 nitrogen and oxygen atoms in total. The van der Waals surface area contributed by atoms with Crippen molar-refractivity contribution in [3.8, 4) is 0 Å². The second-order valence-corrected chi connectivity index (χ2v) is 8.61. The molecule has 0 aromatic heterocycles. The first-order chi connectivity index (χ1) is 13.7. The molecule has 0 spiro atoms. The smallest absolute Gasteiger partial charge is 0.407 e. The molecular weight excluding hydrogens is 368 g/mol. The van der Waals surface area contributed by atoms with Gasteiger partial charge < -0.3 is 10.1 Å². The fraction of sp³-hybridized carbons (Fsp3) is 0.522. The zero-order chi connectivity index (χ0) is 21.3. The highest BCUT2D eigenvalue weighted by atomic mass is 16.5. The van der Waals surface area contributed by atoms with Crippen LogP contribution in [0.2, 0.25) is 0 Å². The van der Waals surface area contributed by atoms with Crippen LogP contribution in [0.4, 0.5) is 4.79 Å². The van der Waals surface area contributed by atoms with E-state index >= 15 is 0 Å². The second-order valence-electron chi connectivity index (χ2n) is 8.61. The van der Waals surface area contributed by atoms with Gasteiger partial charge in [-0.25, -0.2) is 4.79 Å². The highest BCUT2D eigenvalue weighted by Crippen LogP contribution is 2.45. The molecule has 3 rings (SSSR count). The van der Waals surface area contributed by atoms with E-state index in [0.717, 1.165) is 11.1 Å². The lowest BCUT2D eigenvalue weighted by atomic mass is 9.66. The van der Waals surface area contributed by atoms with Crippen LogP contribution in [0, 0.1) is 29.6 Å². The Kier molecular flexibility index (Phi) is 6.10. The Labute approximate surface area is 172 Å². The molecule has 156 valence electrons. The number of ether oxygens (including phenoxy) is 1. The summed E-state index contributed by atoms with van der Waals surface area (Å²) in [5.74, 6) is -1.12. The molecule has 4 unspecified atom stereocenters. The zero-order valence-electron chi connectivity index (χ0n) is 17.7. The van der Waals surface area contributed by atoms with Crippen LogP contribution in [0.15, 0.2) is 42.0 Å². The molecule has 6 heteroatoms. The number of benzene rings is 1. The lowest BCUT2D eigenvalue weighted by molar-refractivity contribution is -0.138. The highest BCUT2D eigenvalue weighted by molar-refractivity contribution is 6.06. The number of nitrogens with one attached hydrogen (secondary N) is 1. The van der Waals surface area contributed by atoms with Gasteiger partial charge in [0.25, 0.3) is 0 Å². The summed E-state index contributed by atoms with van der Waals surface area (Å²) in [7, 11) is 1.53. The molecule has 1 aliphatic heterocycles. The number of allylic oxidation sites excluding steroid dienone is 1. The molecule has 0 saturated carbocycles. The van der Waals surface area contributed by atoms with E-state index in [9.17, 15) is 14.4 Å². The Morgan fingerprint density at radius 3 is 2.28 bits per heavy atom. The normalized spacial score (nSPS) is 26.6. The number of hydrogen-bond donors (Lipinski definition) is 1. The Hall–Kier alpha value is -2.63. The number of fused-ring (bicyclic) bond motifs is 1. The first kappa shape index (κ1) is 21.1. The quantitative estimate of drug-likeness (QED) is 0.609. The Balaban J connectivity index is 1.86. The molecular formula is C23H30N2O4. The van der Waals surface area contributed by atoms with Gasteiger partial charge in [-0.05, 0) is 28.9 Å². The van der Waals surface area contributed by atoms with Crippen LogP contribution in [0.3, 0.4) is 0 Å². The van der Waals surface area contributed by atoms with Crippen molar-refractivity contribution < 1.29 is 19.1 Å². The van der Waals surface area contributed by atoms with Gasteiger partial charge in [0.05, 0.1) is 17.9 Å². The minimum atomic E-state index is -0.591. The summed E-state index contributed by atoms with van der Waals surface area (Å²) in [6, 6.07) is 8.88. The zero-order valence-corrected chi connectivity index (χ0v) is 17.7. The molecule has 2 aliphatic rings. The van der Waals surface area contributed by atoms with Crippen molar-refractivity contribution in [2.75, 3.05) is 7.05 Å². The van der Waals surface area contributed by atoms with Crippen molar-refractivity contribution in [1.82, 2.24) is 10.2 Å². The van der Waals surface area contributed by atoms with Crippen LogP contribution >= 0.6 is 0 Å². The standard InChI is InChI=1S/C23H30N2O4/c1-13(2)16-11-17(14(3)4)20(19-18(16)21(26)25(5)22(19)27)24-23(28)29-12-15-9-7-6-8-10-15/h6-11,13-14,16,18-20H,12H2,1-5H3,(H,24,28). The minimum Gasteiger partial charge on any atom is -0.445 e. The van der Waals surface area contributed by atoms with Crippen LogP contribution < -0.4 is 5.32 Å². The summed E-state index contributed by atoms with van der Waals surface area (Å²) in [5.41, 5.74) is 1.87. The van der Waals surface area contributed by atoms with Crippen molar-refractivity contribution in [2.24, 2.45) is 29.6 Å². The SMILES string of the molecule is CC(C)C1=CC(C(C)C)C2C(=O)N(C)C(=O)C2C1NC(=O)OCc1ccccc1. The van der Waals surface area contributed by atoms with Gasteiger partial charge >= 0.3 is 6.09 Å². The molecule has 4 atom stereocenters. The molecule has 3 amide bonds. The van der Waals surface area contributed by atoms with Crippen molar-refractivity contribution in [3.63, 3.8) is 0 Å². The molecule has 1 N–H and O–H groups in total. The van der Waals surface area contributed by atoms with E-state index in [0.29, 0.717) is 0 Å². The molecule has 1 saturated heterocycles. The Morgan fingerprint density at radius 2 is 1.69 bits per heavy atom. The van der Waals surface area contributed by atoms with Gasteiger partial charge in [-0.2, -0.15) is 0 Å². The summed E-state index contributed by atoms with van der Waals surface area (Å²) < 4.78 is 5.38. The maximum absolute atomic E-state index is 12.9. The average Bonchev–Trinajstić information content (AvgIpc) is 2.91. The minimum absolute atomic E-state index is 0.0304. The first-order valence-electron chi connectivity index (χ1n) is 10.2. The van der Waals surface area contributed by atoms with Gasteiger partial charge in [0.2, 0.25) is 11.8 Å². The summed E-state index contributed by atoms with van der Waals surface area (Å²) in [5, 5.41) is 2.89. The predicted octanol–water partition coefficient (Wildman–Crippen LogP) is 3.38. The molecule has 1 aromatic rings. The topological polar surface area (TPSA) is 75.7 Å². The van der Waals surface area contributed by atoms with Crippen LogP contribution in [-0.2, 0) is 20.9 Å². The van der Waals surface area contributed by atoms with E-state index < -0.39 is 24.0 Å². The van der Waals surface area contributed by atoms with Crippen LogP contribution in [0.5, 0.6) is 0 Å². The number of amides is 3. The molecule has 1 aliphatic carbocycles. The van der Waals surface area contributed by atoms with Gasteiger partial charge in [-0.1, -0.05) is 64.1 Å². The van der Waals surface area contributed by atoms with Crippen molar-refractivity contribution >= 4 is 17.9 Å². The monoisotopic (exact) mass is 398 g/mol. The molecule has 0 radical (unpaired) electrons. The van der Waals surface area contributed by atoms with Crippen LogP contribution in [0.25, 0.3) is 0 Å². The van der Waals surface area contributed by atoms with E-state index in [-0.39, 0.29) is 36.2 Å². The van der Waals surface area contributed by atoms with Crippen molar-refractivity contribution in [2.45, 2.75) is 40.3 Å². The average molecular weight is 399 g/mol. The van der Waals surface area contributed by atoms with Gasteiger partial charge in [-0.15, -0.1) is 0 Å². The molecule has 0 bridgehead atoms. The number of imide groups is 1. The number of hydrogen-bond acceptors (Lipinski definition) is 4. The number of carbonyl (C=O) groups is 3. The first-order valence-corrected chi connectivity index (χ1v) is 10.2. The number of carbonyl (C=O) groups excluding carboxylic acids is 3. The largest absolute Gasteiger partial charge is 0.445 e. The summed E-state index contributed by atoms with van der Waals surface area (Å²) in [6.07, 6.45) is 1.52. The summed E-state index contributed by atoms with van der Waals surface area (Å²) in [6.45, 7) is 8.36. The van der Waals surface area contributed by atoms with Crippen LogP contribution in [-0.4, -0.2) is 35.9 Å². The number of likely N-dealkylation sites (tertiary alicyclic amines) is 1. The Bertz CT molecular complexity index is 815. The Morgan fingerprint density at radius 1 is 1.07 bits per heavy atom. The van der Waals surface area contributed by atoms with E-state index in [1.54, 1.807) is 0 Å². The third-order valence-electron chi connectivity index (χ3n) is 6.06. The lowest BCUT2D eigenvalue weighted by Crippen LogP contribution is -2.51. The van der Waals surface area contributed by atoms with Gasteiger partial charge in [0, 0.05) is 7.05 Å². The fourth-order valence-electron chi connectivity index (χ4n) is 4.48. The maximum Gasteiger partial charge on any atom is 0.407 e. The van der Waals surface area contributed by atoms with E-state index in [4.69, 9.17) is 4.74 Å². The molecule has 1 fully saturated rings. The summed E-state index contributed by atoms with van der Waals surface area (Å²) in [4.78, 5) is 39.5. The molecule has 1 heterocycles. The van der Waals surface area contributed by atoms with Crippen molar-refractivity contribution in [3.05, 3.63) is 47.5 Å². The van der Waals surface area contributed by atoms with E-state index in [1.807, 2.05) is 44.2 Å². The van der Waals surface area contributed by atoms with Gasteiger partial charge in [0.1, 0.15) is 6.61 Å². The van der Waals surface area contributed by atoms with Gasteiger partial charge in [-0.3, -0.25) is 14.5 Å². The van der Waals surface area contributed by atoms with Crippen molar-refractivity contribution in [1.29, 1.82) is 0 Å². The predicted molar refractivity (Wildman–Crippen MR) is 110 cm³/mol. The lowest BCUT2D eigenvalue weighted by Gasteiger charge is -2.39. The van der Waals surface area contributed by atoms with Crippen LogP contribution in [0.1, 0.15) is 33.3 Å². The highest BCUT2D eigenvalue weighted by Gasteiger charge is 2.56. The number of alkyl carbamates (subject to hydrolysis) is 1. The molecule has 29 heavy (non-hydrogen) atoms. The fourth-order valence-corrected chi connectivity index (χ4v) is 4.48.